The van der Waals surface area contributed by atoms with Crippen LogP contribution in [0.5, 0.6) is 5.75 Å². The number of benzene rings is 3. The molecule has 0 spiro atoms. The zero-order valence-electron chi connectivity index (χ0n) is 21.5. The molecule has 1 heterocycles. The fourth-order valence-electron chi connectivity index (χ4n) is 4.11. The molecule has 0 aliphatic heterocycles. The molecular formula is C29H31N3O4. The average Bonchev–Trinajstić information content (AvgIpc) is 3.24. The number of fused-ring (bicyclic) bond motifs is 1. The van der Waals surface area contributed by atoms with Gasteiger partial charge >= 0.3 is 5.97 Å². The number of H-pyrrole nitrogens is 1. The molecule has 3 aromatic carbocycles. The lowest BCUT2D eigenvalue weighted by atomic mass is 9.87. The number of rotatable bonds is 6. The van der Waals surface area contributed by atoms with Crippen molar-refractivity contribution in [2.24, 2.45) is 0 Å². The summed E-state index contributed by atoms with van der Waals surface area (Å²) in [6.07, 6.45) is 0. The Morgan fingerprint density at radius 2 is 1.64 bits per heavy atom. The first-order chi connectivity index (χ1) is 17.0. The van der Waals surface area contributed by atoms with Crippen molar-refractivity contribution in [1.82, 2.24) is 9.97 Å². The van der Waals surface area contributed by atoms with Gasteiger partial charge in [-0.05, 0) is 78.4 Å². The normalized spacial score (nSPS) is 11.4. The van der Waals surface area contributed by atoms with Gasteiger partial charge in [-0.1, -0.05) is 32.9 Å². The molecule has 1 amide bonds. The van der Waals surface area contributed by atoms with Gasteiger partial charge in [-0.25, -0.2) is 9.78 Å². The van der Waals surface area contributed by atoms with Gasteiger partial charge in [0.2, 0.25) is 0 Å². The van der Waals surface area contributed by atoms with E-state index >= 15 is 0 Å². The number of hydrogen-bond donors (Lipinski definition) is 2. The molecule has 0 bridgehead atoms. The smallest absolute Gasteiger partial charge is 0.343 e. The molecule has 0 aliphatic rings. The third kappa shape index (κ3) is 5.40. The van der Waals surface area contributed by atoms with Crippen LogP contribution in [0.1, 0.15) is 47.8 Å². The Balaban J connectivity index is 1.55. The van der Waals surface area contributed by atoms with Crippen LogP contribution in [0, 0.1) is 13.8 Å². The van der Waals surface area contributed by atoms with E-state index in [9.17, 15) is 9.59 Å². The van der Waals surface area contributed by atoms with Gasteiger partial charge in [0.15, 0.2) is 6.61 Å². The van der Waals surface area contributed by atoms with E-state index in [1.54, 1.807) is 6.07 Å². The van der Waals surface area contributed by atoms with Gasteiger partial charge in [0.1, 0.15) is 11.6 Å². The number of amides is 1. The Hall–Kier alpha value is -4.13. The quantitative estimate of drug-likeness (QED) is 0.329. The number of ether oxygens (including phenoxy) is 2. The SMILES string of the molecule is COC(=O)COc1cc(C)c(-c2nc3ccc(C(=O)Nc4ccc(C(C)(C)C)cc4)cc3[nH]2)c(C)c1. The Morgan fingerprint density at radius 1 is 0.972 bits per heavy atom. The van der Waals surface area contributed by atoms with Crippen LogP contribution in [0.3, 0.4) is 0 Å². The average molecular weight is 486 g/mol. The predicted molar refractivity (Wildman–Crippen MR) is 142 cm³/mol. The zero-order valence-corrected chi connectivity index (χ0v) is 21.5. The first-order valence-electron chi connectivity index (χ1n) is 11.8. The van der Waals surface area contributed by atoms with Crippen molar-refractivity contribution in [3.05, 3.63) is 76.9 Å². The molecule has 7 nitrogen and oxygen atoms in total. The van der Waals surface area contributed by atoms with E-state index in [1.165, 1.54) is 12.7 Å². The van der Waals surface area contributed by atoms with Gasteiger partial charge in [0, 0.05) is 16.8 Å². The number of aromatic nitrogens is 2. The van der Waals surface area contributed by atoms with Crippen LogP contribution < -0.4 is 10.1 Å². The second kappa shape index (κ2) is 9.85. The minimum absolute atomic E-state index is 0.0546. The standard InChI is InChI=1S/C29H31N3O4/c1-17-13-22(36-16-25(33)35-6)14-18(2)26(17)27-31-23-12-7-19(15-24(23)32-27)28(34)30-21-10-8-20(9-11-21)29(3,4)5/h7-15H,16H2,1-6H3,(H,30,34)(H,31,32). The predicted octanol–water partition coefficient (Wildman–Crippen LogP) is 5.95. The maximum atomic E-state index is 12.9. The summed E-state index contributed by atoms with van der Waals surface area (Å²) in [5.41, 5.74) is 6.93. The van der Waals surface area contributed by atoms with Crippen molar-refractivity contribution in [2.45, 2.75) is 40.0 Å². The van der Waals surface area contributed by atoms with Gasteiger partial charge in [0.05, 0.1) is 18.1 Å². The molecule has 2 N–H and O–H groups in total. The summed E-state index contributed by atoms with van der Waals surface area (Å²) in [6.45, 7) is 10.2. The summed E-state index contributed by atoms with van der Waals surface area (Å²) < 4.78 is 10.2. The number of aryl methyl sites for hydroxylation is 2. The van der Waals surface area contributed by atoms with Crippen molar-refractivity contribution in [1.29, 1.82) is 0 Å². The lowest BCUT2D eigenvalue weighted by molar-refractivity contribution is -0.142. The first-order valence-corrected chi connectivity index (χ1v) is 11.8. The third-order valence-electron chi connectivity index (χ3n) is 6.08. The molecule has 4 rings (SSSR count). The van der Waals surface area contributed by atoms with E-state index in [2.05, 4.69) is 35.8 Å². The summed E-state index contributed by atoms with van der Waals surface area (Å²) >= 11 is 0. The van der Waals surface area contributed by atoms with Crippen molar-refractivity contribution >= 4 is 28.6 Å². The lowest BCUT2D eigenvalue weighted by Crippen LogP contribution is -2.13. The molecule has 0 saturated carbocycles. The summed E-state index contributed by atoms with van der Waals surface area (Å²) in [6, 6.07) is 17.1. The molecule has 0 radical (unpaired) electrons. The van der Waals surface area contributed by atoms with E-state index in [4.69, 9.17) is 9.72 Å². The van der Waals surface area contributed by atoms with Crippen LogP contribution in [0.15, 0.2) is 54.6 Å². The summed E-state index contributed by atoms with van der Waals surface area (Å²) in [5, 5.41) is 2.97. The third-order valence-corrected chi connectivity index (χ3v) is 6.08. The van der Waals surface area contributed by atoms with Crippen LogP contribution in [-0.2, 0) is 14.9 Å². The Labute approximate surface area is 210 Å². The number of nitrogens with zero attached hydrogens (tertiary/aromatic N) is 1. The lowest BCUT2D eigenvalue weighted by Gasteiger charge is -2.19. The number of aromatic amines is 1. The largest absolute Gasteiger partial charge is 0.482 e. The minimum Gasteiger partial charge on any atom is -0.482 e. The highest BCUT2D eigenvalue weighted by atomic mass is 16.6. The molecule has 0 unspecified atom stereocenters. The Kier molecular flexibility index (Phi) is 6.84. The molecule has 36 heavy (non-hydrogen) atoms. The van der Waals surface area contributed by atoms with Crippen molar-refractivity contribution in [2.75, 3.05) is 19.0 Å². The fraction of sp³-hybridized carbons (Fsp3) is 0.276. The molecule has 1 aromatic heterocycles. The molecule has 0 aliphatic carbocycles. The van der Waals surface area contributed by atoms with E-state index in [0.29, 0.717) is 17.1 Å². The first kappa shape index (κ1) is 25.0. The summed E-state index contributed by atoms with van der Waals surface area (Å²) in [4.78, 5) is 32.4. The van der Waals surface area contributed by atoms with Crippen LogP contribution >= 0.6 is 0 Å². The number of methoxy groups -OCH3 is 1. The zero-order chi connectivity index (χ0) is 26.0. The van der Waals surface area contributed by atoms with Gasteiger partial charge in [-0.2, -0.15) is 0 Å². The maximum absolute atomic E-state index is 12.9. The molecule has 0 saturated heterocycles. The minimum atomic E-state index is -0.437. The van der Waals surface area contributed by atoms with Gasteiger partial charge in [-0.3, -0.25) is 4.79 Å². The van der Waals surface area contributed by atoms with Gasteiger partial charge in [-0.15, -0.1) is 0 Å². The van der Waals surface area contributed by atoms with Crippen LogP contribution in [0.4, 0.5) is 5.69 Å². The highest BCUT2D eigenvalue weighted by Gasteiger charge is 2.16. The number of carbonyl (C=O) groups is 2. The van der Waals surface area contributed by atoms with Crippen LogP contribution in [0.25, 0.3) is 22.4 Å². The van der Waals surface area contributed by atoms with Crippen LogP contribution in [-0.4, -0.2) is 35.6 Å². The Morgan fingerprint density at radius 3 is 2.25 bits per heavy atom. The molecule has 7 heteroatoms. The number of anilines is 1. The van der Waals surface area contributed by atoms with Gasteiger partial charge < -0.3 is 19.8 Å². The molecular weight excluding hydrogens is 454 g/mol. The van der Waals surface area contributed by atoms with E-state index < -0.39 is 5.97 Å². The van der Waals surface area contributed by atoms with Gasteiger partial charge in [0.25, 0.3) is 5.91 Å². The maximum Gasteiger partial charge on any atom is 0.343 e. The molecule has 0 atom stereocenters. The number of imidazole rings is 1. The Bertz CT molecular complexity index is 1410. The second-order valence-corrected chi connectivity index (χ2v) is 9.90. The summed E-state index contributed by atoms with van der Waals surface area (Å²) in [7, 11) is 1.33. The van der Waals surface area contributed by atoms with E-state index in [1.807, 2.05) is 62.4 Å². The number of hydrogen-bond acceptors (Lipinski definition) is 5. The molecule has 4 aromatic rings. The van der Waals surface area contributed by atoms with E-state index in [0.717, 1.165) is 33.4 Å². The van der Waals surface area contributed by atoms with E-state index in [-0.39, 0.29) is 17.9 Å². The number of nitrogens with one attached hydrogen (secondary N) is 2. The second-order valence-electron chi connectivity index (χ2n) is 9.90. The highest BCUT2D eigenvalue weighted by Crippen LogP contribution is 2.31. The molecule has 186 valence electrons. The van der Waals surface area contributed by atoms with Crippen molar-refractivity contribution < 1.29 is 19.1 Å². The van der Waals surface area contributed by atoms with Crippen molar-refractivity contribution in [3.63, 3.8) is 0 Å². The van der Waals surface area contributed by atoms with Crippen LogP contribution in [0.2, 0.25) is 0 Å². The monoisotopic (exact) mass is 485 g/mol. The molecule has 0 fully saturated rings. The summed E-state index contributed by atoms with van der Waals surface area (Å²) in [5.74, 6) is 0.670. The number of carbonyl (C=O) groups excluding carboxylic acids is 2. The highest BCUT2D eigenvalue weighted by molar-refractivity contribution is 6.06. The number of esters is 1. The topological polar surface area (TPSA) is 93.3 Å². The fourth-order valence-corrected chi connectivity index (χ4v) is 4.11. The van der Waals surface area contributed by atoms with Crippen molar-refractivity contribution in [3.8, 4) is 17.1 Å².